The summed E-state index contributed by atoms with van der Waals surface area (Å²) < 4.78 is 2.38. The Morgan fingerprint density at radius 1 is 0.250 bits per heavy atom. The first-order valence-corrected chi connectivity index (χ1v) is 19.2. The van der Waals surface area contributed by atoms with Gasteiger partial charge in [-0.25, -0.2) is 0 Å². The van der Waals surface area contributed by atoms with Crippen LogP contribution in [0.1, 0.15) is 0 Å². The molecule has 0 amide bonds. The molecule has 0 unspecified atom stereocenters. The maximum absolute atomic E-state index is 2.38. The van der Waals surface area contributed by atoms with Gasteiger partial charge in [-0.15, -0.1) is 0 Å². The number of hydrogen-bond acceptors (Lipinski definition) is 1. The number of aromatic nitrogens is 1. The number of rotatable bonds is 8. The van der Waals surface area contributed by atoms with Crippen molar-refractivity contribution in [3.63, 3.8) is 0 Å². The number of anilines is 3. The Morgan fingerprint density at radius 3 is 1.18 bits per heavy atom. The van der Waals surface area contributed by atoms with E-state index in [0.717, 1.165) is 22.7 Å². The summed E-state index contributed by atoms with van der Waals surface area (Å²) in [4.78, 5) is 2.36. The summed E-state index contributed by atoms with van der Waals surface area (Å²) in [5, 5.41) is 2.53. The zero-order valence-electron chi connectivity index (χ0n) is 30.8. The third kappa shape index (κ3) is 6.24. The monoisotopic (exact) mass is 714 g/mol. The van der Waals surface area contributed by atoms with Gasteiger partial charge in [0.2, 0.25) is 0 Å². The van der Waals surface area contributed by atoms with Gasteiger partial charge in [-0.05, 0) is 111 Å². The summed E-state index contributed by atoms with van der Waals surface area (Å²) in [5.41, 5.74) is 16.4. The molecule has 0 atom stereocenters. The van der Waals surface area contributed by atoms with E-state index in [1.54, 1.807) is 0 Å². The topological polar surface area (TPSA) is 8.17 Å². The molecule has 10 rings (SSSR count). The van der Waals surface area contributed by atoms with Gasteiger partial charge in [0.15, 0.2) is 0 Å². The number of hydrogen-bond donors (Lipinski definition) is 0. The van der Waals surface area contributed by atoms with Crippen molar-refractivity contribution in [3.05, 3.63) is 231 Å². The van der Waals surface area contributed by atoms with E-state index in [0.29, 0.717) is 0 Å². The maximum atomic E-state index is 2.38. The molecule has 10 aromatic rings. The first-order chi connectivity index (χ1) is 27.8. The Balaban J connectivity index is 1.02. The highest BCUT2D eigenvalue weighted by Gasteiger charge is 2.16. The van der Waals surface area contributed by atoms with E-state index < -0.39 is 0 Å². The van der Waals surface area contributed by atoms with Crippen LogP contribution >= 0.6 is 0 Å². The van der Waals surface area contributed by atoms with Gasteiger partial charge in [0.1, 0.15) is 0 Å². The minimum absolute atomic E-state index is 1.09. The molecule has 0 bridgehead atoms. The minimum atomic E-state index is 1.09. The Kier molecular flexibility index (Phi) is 8.55. The highest BCUT2D eigenvalue weighted by atomic mass is 15.1. The Hall–Kier alpha value is -7.42. The average molecular weight is 715 g/mol. The first-order valence-electron chi connectivity index (χ1n) is 19.2. The molecule has 0 aliphatic heterocycles. The number of para-hydroxylation sites is 2. The summed E-state index contributed by atoms with van der Waals surface area (Å²) in [6, 6.07) is 83.0. The van der Waals surface area contributed by atoms with Crippen LogP contribution in [-0.2, 0) is 0 Å². The van der Waals surface area contributed by atoms with Gasteiger partial charge < -0.3 is 9.47 Å². The van der Waals surface area contributed by atoms with Gasteiger partial charge in [0.05, 0.1) is 11.0 Å². The molecule has 1 aromatic heterocycles. The van der Waals surface area contributed by atoms with Gasteiger partial charge in [-0.3, -0.25) is 0 Å². The Labute approximate surface area is 327 Å². The quantitative estimate of drug-likeness (QED) is 0.152. The number of nitrogens with zero attached hydrogens (tertiary/aromatic N) is 2. The fourth-order valence-electron chi connectivity index (χ4n) is 8.04. The van der Waals surface area contributed by atoms with Crippen molar-refractivity contribution in [2.45, 2.75) is 0 Å². The second-order valence-corrected chi connectivity index (χ2v) is 14.2. The average Bonchev–Trinajstić information content (AvgIpc) is 3.62. The van der Waals surface area contributed by atoms with Crippen LogP contribution in [0, 0.1) is 0 Å². The van der Waals surface area contributed by atoms with Crippen LogP contribution in [0.25, 0.3) is 72.0 Å². The van der Waals surface area contributed by atoms with Crippen molar-refractivity contribution in [1.82, 2.24) is 4.57 Å². The molecule has 1 heterocycles. The summed E-state index contributed by atoms with van der Waals surface area (Å²) in [6.07, 6.45) is 0. The zero-order valence-corrected chi connectivity index (χ0v) is 30.8. The van der Waals surface area contributed by atoms with Gasteiger partial charge in [-0.2, -0.15) is 0 Å². The van der Waals surface area contributed by atoms with E-state index in [2.05, 4.69) is 240 Å². The molecule has 0 radical (unpaired) electrons. The van der Waals surface area contributed by atoms with Gasteiger partial charge in [0.25, 0.3) is 0 Å². The molecule has 0 N–H and O–H groups in total. The summed E-state index contributed by atoms with van der Waals surface area (Å²) in [7, 11) is 0. The molecule has 0 saturated carbocycles. The second kappa shape index (κ2) is 14.4. The van der Waals surface area contributed by atoms with E-state index in [-0.39, 0.29) is 0 Å². The lowest BCUT2D eigenvalue weighted by atomic mass is 9.98. The predicted octanol–water partition coefficient (Wildman–Crippen LogP) is 14.9. The van der Waals surface area contributed by atoms with Gasteiger partial charge in [0, 0.05) is 33.5 Å². The third-order valence-corrected chi connectivity index (χ3v) is 10.8. The van der Waals surface area contributed by atoms with Crippen LogP contribution in [0.3, 0.4) is 0 Å². The van der Waals surface area contributed by atoms with E-state index in [1.165, 1.54) is 66.3 Å². The molecule has 0 spiro atoms. The largest absolute Gasteiger partial charge is 0.310 e. The fourth-order valence-corrected chi connectivity index (χ4v) is 8.04. The molecule has 56 heavy (non-hydrogen) atoms. The maximum Gasteiger partial charge on any atom is 0.0541 e. The van der Waals surface area contributed by atoms with Crippen molar-refractivity contribution in [2.75, 3.05) is 4.90 Å². The molecule has 0 aliphatic rings. The molecular formula is C54H38N2. The minimum Gasteiger partial charge on any atom is -0.310 e. The lowest BCUT2D eigenvalue weighted by Crippen LogP contribution is -2.10. The fraction of sp³-hybridized carbons (Fsp3) is 0. The molecule has 9 aromatic carbocycles. The first kappa shape index (κ1) is 33.2. The molecule has 2 heteroatoms. The predicted molar refractivity (Wildman–Crippen MR) is 237 cm³/mol. The second-order valence-electron chi connectivity index (χ2n) is 14.2. The molecule has 0 aliphatic carbocycles. The summed E-state index contributed by atoms with van der Waals surface area (Å²) in [5.74, 6) is 0. The van der Waals surface area contributed by atoms with Crippen molar-refractivity contribution >= 4 is 38.9 Å². The van der Waals surface area contributed by atoms with Gasteiger partial charge >= 0.3 is 0 Å². The molecule has 0 fully saturated rings. The van der Waals surface area contributed by atoms with Gasteiger partial charge in [-0.1, -0.05) is 164 Å². The van der Waals surface area contributed by atoms with Crippen LogP contribution in [0.2, 0.25) is 0 Å². The van der Waals surface area contributed by atoms with Crippen molar-refractivity contribution < 1.29 is 0 Å². The lowest BCUT2D eigenvalue weighted by molar-refractivity contribution is 1.18. The van der Waals surface area contributed by atoms with E-state index in [4.69, 9.17) is 0 Å². The van der Waals surface area contributed by atoms with Crippen LogP contribution in [0.5, 0.6) is 0 Å². The van der Waals surface area contributed by atoms with Crippen molar-refractivity contribution in [1.29, 1.82) is 0 Å². The SMILES string of the molecule is c1ccc(-c2cccc(-c3ccc(N(c4ccc(-c5cccc(-n6c7ccccc7c7ccccc76)c5)cc4)c4cccc(-c5ccccc5)c4)cc3)c2)cc1. The molecule has 264 valence electrons. The standard InChI is InChI=1S/C54H38N2/c1-3-14-39(15-4-1)43-18-11-19-44(36-43)41-28-32-47(33-29-41)55(49-22-12-20-45(37-49)40-16-5-2-6-17-40)48-34-30-42(31-35-48)46-21-13-23-50(38-46)56-53-26-9-7-24-51(53)52-25-8-10-27-54(52)56/h1-38H. The third-order valence-electron chi connectivity index (χ3n) is 10.8. The molecule has 0 saturated heterocycles. The van der Waals surface area contributed by atoms with Crippen LogP contribution in [-0.4, -0.2) is 4.57 Å². The smallest absolute Gasteiger partial charge is 0.0541 e. The van der Waals surface area contributed by atoms with Crippen molar-refractivity contribution in [3.8, 4) is 50.2 Å². The Morgan fingerprint density at radius 2 is 0.643 bits per heavy atom. The zero-order chi connectivity index (χ0) is 37.3. The van der Waals surface area contributed by atoms with Crippen LogP contribution in [0.4, 0.5) is 17.1 Å². The highest BCUT2D eigenvalue weighted by Crippen LogP contribution is 2.39. The lowest BCUT2D eigenvalue weighted by Gasteiger charge is -2.26. The van der Waals surface area contributed by atoms with E-state index in [9.17, 15) is 0 Å². The highest BCUT2D eigenvalue weighted by molar-refractivity contribution is 6.09. The van der Waals surface area contributed by atoms with E-state index in [1.807, 2.05) is 0 Å². The number of benzene rings is 9. The summed E-state index contributed by atoms with van der Waals surface area (Å²) in [6.45, 7) is 0. The normalized spacial score (nSPS) is 11.2. The van der Waals surface area contributed by atoms with Crippen molar-refractivity contribution in [2.24, 2.45) is 0 Å². The van der Waals surface area contributed by atoms with Crippen LogP contribution < -0.4 is 4.90 Å². The van der Waals surface area contributed by atoms with E-state index >= 15 is 0 Å². The Bertz CT molecular complexity index is 2890. The van der Waals surface area contributed by atoms with Crippen LogP contribution in [0.15, 0.2) is 231 Å². The molecular weight excluding hydrogens is 677 g/mol. The summed E-state index contributed by atoms with van der Waals surface area (Å²) >= 11 is 0. The number of fused-ring (bicyclic) bond motifs is 3. The molecule has 2 nitrogen and oxygen atoms in total.